The van der Waals surface area contributed by atoms with Crippen molar-refractivity contribution in [1.82, 2.24) is 0 Å². The molecule has 1 fully saturated rings. The highest BCUT2D eigenvalue weighted by Crippen LogP contribution is 2.34. The molecule has 13 heavy (non-hydrogen) atoms. The normalized spacial score (nSPS) is 32.1. The summed E-state index contributed by atoms with van der Waals surface area (Å²) < 4.78 is 0. The number of aliphatic hydroxyl groups is 1. The lowest BCUT2D eigenvalue weighted by Crippen LogP contribution is -2.32. The monoisotopic (exact) mass is 185 g/mol. The third kappa shape index (κ3) is 2.96. The van der Waals surface area contributed by atoms with E-state index >= 15 is 0 Å². The molecule has 0 aliphatic heterocycles. The third-order valence-corrected chi connectivity index (χ3v) is 3.54. The van der Waals surface area contributed by atoms with Gasteiger partial charge in [0.15, 0.2) is 0 Å². The van der Waals surface area contributed by atoms with Gasteiger partial charge in [-0.15, -0.1) is 0 Å². The van der Waals surface area contributed by atoms with Crippen molar-refractivity contribution in [3.8, 4) is 0 Å². The minimum atomic E-state index is -0.256. The Balaban J connectivity index is 2.30. The lowest BCUT2D eigenvalue weighted by atomic mass is 9.75. The van der Waals surface area contributed by atoms with Gasteiger partial charge in [0.1, 0.15) is 0 Å². The van der Waals surface area contributed by atoms with Crippen molar-refractivity contribution in [3.63, 3.8) is 0 Å². The zero-order valence-corrected chi connectivity index (χ0v) is 8.87. The molecule has 1 unspecified atom stereocenters. The molecular weight excluding hydrogens is 162 g/mol. The van der Waals surface area contributed by atoms with E-state index in [1.165, 1.54) is 25.7 Å². The lowest BCUT2D eigenvalue weighted by molar-refractivity contribution is 0.0735. The van der Waals surface area contributed by atoms with Crippen molar-refractivity contribution in [2.24, 2.45) is 23.5 Å². The number of aliphatic hydroxyl groups excluding tert-OH is 1. The highest BCUT2D eigenvalue weighted by atomic mass is 16.3. The van der Waals surface area contributed by atoms with Crippen molar-refractivity contribution in [3.05, 3.63) is 0 Å². The van der Waals surface area contributed by atoms with Crippen LogP contribution < -0.4 is 5.73 Å². The van der Waals surface area contributed by atoms with Gasteiger partial charge in [0.05, 0.1) is 6.10 Å². The van der Waals surface area contributed by atoms with Crippen LogP contribution in [0.2, 0.25) is 0 Å². The Bertz CT molecular complexity index is 139. The van der Waals surface area contributed by atoms with Crippen molar-refractivity contribution < 1.29 is 5.11 Å². The molecule has 3 N–H and O–H groups in total. The SMILES string of the molecule is CC(C)C1CCC(C(O)CN)CC1. The number of rotatable bonds is 3. The Labute approximate surface area is 81.5 Å². The maximum absolute atomic E-state index is 9.58. The fourth-order valence-electron chi connectivity index (χ4n) is 2.39. The fourth-order valence-corrected chi connectivity index (χ4v) is 2.39. The summed E-state index contributed by atoms with van der Waals surface area (Å²) >= 11 is 0. The van der Waals surface area contributed by atoms with Gasteiger partial charge in [-0.1, -0.05) is 13.8 Å². The van der Waals surface area contributed by atoms with Crippen molar-refractivity contribution in [2.45, 2.75) is 45.6 Å². The Hall–Kier alpha value is -0.0800. The number of nitrogens with two attached hydrogens (primary N) is 1. The van der Waals surface area contributed by atoms with Crippen LogP contribution in [0, 0.1) is 17.8 Å². The zero-order valence-electron chi connectivity index (χ0n) is 8.87. The summed E-state index contributed by atoms with van der Waals surface area (Å²) in [6, 6.07) is 0. The average Bonchev–Trinajstić information content (AvgIpc) is 2.17. The van der Waals surface area contributed by atoms with Crippen LogP contribution in [0.4, 0.5) is 0 Å². The first-order chi connectivity index (χ1) is 6.15. The second-order valence-corrected chi connectivity index (χ2v) is 4.72. The van der Waals surface area contributed by atoms with Crippen LogP contribution in [0.5, 0.6) is 0 Å². The molecular formula is C11H23NO. The molecule has 0 aromatic rings. The number of hydrogen-bond acceptors (Lipinski definition) is 2. The molecule has 0 saturated heterocycles. The van der Waals surface area contributed by atoms with Crippen molar-refractivity contribution in [1.29, 1.82) is 0 Å². The van der Waals surface area contributed by atoms with Crippen LogP contribution >= 0.6 is 0 Å². The van der Waals surface area contributed by atoms with Gasteiger partial charge >= 0.3 is 0 Å². The summed E-state index contributed by atoms with van der Waals surface area (Å²) in [5, 5.41) is 9.58. The van der Waals surface area contributed by atoms with Crippen molar-refractivity contribution in [2.75, 3.05) is 6.54 Å². The summed E-state index contributed by atoms with van der Waals surface area (Å²) in [5.74, 6) is 2.15. The van der Waals surface area contributed by atoms with Gasteiger partial charge in [0.25, 0.3) is 0 Å². The predicted octanol–water partition coefficient (Wildman–Crippen LogP) is 1.77. The Morgan fingerprint density at radius 1 is 1.15 bits per heavy atom. The van der Waals surface area contributed by atoms with Crippen LogP contribution in [-0.2, 0) is 0 Å². The molecule has 0 spiro atoms. The average molecular weight is 185 g/mol. The smallest absolute Gasteiger partial charge is 0.0690 e. The second kappa shape index (κ2) is 4.97. The van der Waals surface area contributed by atoms with E-state index in [1.54, 1.807) is 0 Å². The topological polar surface area (TPSA) is 46.2 Å². The minimum Gasteiger partial charge on any atom is -0.392 e. The summed E-state index contributed by atoms with van der Waals surface area (Å²) in [6.45, 7) is 5.02. The molecule has 0 amide bonds. The largest absolute Gasteiger partial charge is 0.392 e. The van der Waals surface area contributed by atoms with Gasteiger partial charge in [-0.25, -0.2) is 0 Å². The molecule has 2 heteroatoms. The van der Waals surface area contributed by atoms with E-state index in [0.29, 0.717) is 12.5 Å². The van der Waals surface area contributed by atoms with E-state index in [0.717, 1.165) is 11.8 Å². The van der Waals surface area contributed by atoms with Crippen LogP contribution in [-0.4, -0.2) is 17.8 Å². The van der Waals surface area contributed by atoms with Gasteiger partial charge in [0.2, 0.25) is 0 Å². The summed E-state index contributed by atoms with van der Waals surface area (Å²) in [4.78, 5) is 0. The summed E-state index contributed by atoms with van der Waals surface area (Å²) in [7, 11) is 0. The van der Waals surface area contributed by atoms with E-state index in [9.17, 15) is 5.11 Å². The first kappa shape index (κ1) is 11.0. The molecule has 2 nitrogen and oxygen atoms in total. The van der Waals surface area contributed by atoms with Crippen LogP contribution in [0.1, 0.15) is 39.5 Å². The van der Waals surface area contributed by atoms with Crippen LogP contribution in [0.25, 0.3) is 0 Å². The standard InChI is InChI=1S/C11H23NO/c1-8(2)9-3-5-10(6-4-9)11(13)7-12/h8-11,13H,3-7,12H2,1-2H3. The highest BCUT2D eigenvalue weighted by Gasteiger charge is 2.26. The van der Waals surface area contributed by atoms with Gasteiger partial charge < -0.3 is 10.8 Å². The van der Waals surface area contributed by atoms with E-state index in [4.69, 9.17) is 5.73 Å². The van der Waals surface area contributed by atoms with Gasteiger partial charge in [-0.3, -0.25) is 0 Å². The minimum absolute atomic E-state index is 0.256. The molecule has 1 atom stereocenters. The van der Waals surface area contributed by atoms with E-state index < -0.39 is 0 Å². The van der Waals surface area contributed by atoms with E-state index in [2.05, 4.69) is 13.8 Å². The molecule has 1 aliphatic carbocycles. The Kier molecular flexibility index (Phi) is 4.20. The highest BCUT2D eigenvalue weighted by molar-refractivity contribution is 4.78. The molecule has 0 bridgehead atoms. The predicted molar refractivity (Wildman–Crippen MR) is 55.3 cm³/mol. The molecule has 1 saturated carbocycles. The summed E-state index contributed by atoms with van der Waals surface area (Å²) in [6.07, 6.45) is 4.63. The number of hydrogen-bond donors (Lipinski definition) is 2. The van der Waals surface area contributed by atoms with E-state index in [-0.39, 0.29) is 6.10 Å². The first-order valence-electron chi connectivity index (χ1n) is 5.53. The Morgan fingerprint density at radius 2 is 1.62 bits per heavy atom. The molecule has 0 heterocycles. The molecule has 0 aromatic heterocycles. The van der Waals surface area contributed by atoms with Gasteiger partial charge in [-0.05, 0) is 43.4 Å². The van der Waals surface area contributed by atoms with Gasteiger partial charge in [0, 0.05) is 6.54 Å². The molecule has 1 rings (SSSR count). The Morgan fingerprint density at radius 3 is 2.00 bits per heavy atom. The third-order valence-electron chi connectivity index (χ3n) is 3.54. The quantitative estimate of drug-likeness (QED) is 0.704. The van der Waals surface area contributed by atoms with E-state index in [1.807, 2.05) is 0 Å². The zero-order chi connectivity index (χ0) is 9.84. The van der Waals surface area contributed by atoms with Crippen LogP contribution in [0.15, 0.2) is 0 Å². The first-order valence-corrected chi connectivity index (χ1v) is 5.53. The fraction of sp³-hybridized carbons (Fsp3) is 1.00. The molecule has 0 aromatic carbocycles. The maximum atomic E-state index is 9.58. The summed E-state index contributed by atoms with van der Waals surface area (Å²) in [5.41, 5.74) is 5.45. The van der Waals surface area contributed by atoms with Crippen LogP contribution in [0.3, 0.4) is 0 Å². The molecule has 1 aliphatic rings. The van der Waals surface area contributed by atoms with Gasteiger partial charge in [-0.2, -0.15) is 0 Å². The molecule has 0 radical (unpaired) electrons. The lowest BCUT2D eigenvalue weighted by Gasteiger charge is -2.32. The van der Waals surface area contributed by atoms with Crippen molar-refractivity contribution >= 4 is 0 Å². The second-order valence-electron chi connectivity index (χ2n) is 4.72. The molecule has 78 valence electrons. The maximum Gasteiger partial charge on any atom is 0.0690 e.